The molecule has 0 spiro atoms. The Labute approximate surface area is 149 Å². The number of piperidine rings is 1. The third-order valence-electron chi connectivity index (χ3n) is 5.93. The first-order valence-electron chi connectivity index (χ1n) is 9.62. The number of likely N-dealkylation sites (tertiary alicyclic amines) is 1. The van der Waals surface area contributed by atoms with Gasteiger partial charge in [0.25, 0.3) is 0 Å². The van der Waals surface area contributed by atoms with Crippen molar-refractivity contribution < 1.29 is 4.79 Å². The van der Waals surface area contributed by atoms with Gasteiger partial charge in [-0.2, -0.15) is 0 Å². The highest BCUT2D eigenvalue weighted by molar-refractivity contribution is 5.76. The zero-order valence-electron chi connectivity index (χ0n) is 15.1. The van der Waals surface area contributed by atoms with Gasteiger partial charge in [0.1, 0.15) is 5.82 Å². The van der Waals surface area contributed by atoms with Crippen molar-refractivity contribution in [1.29, 1.82) is 0 Å². The number of rotatable bonds is 7. The number of benzene rings is 1. The van der Waals surface area contributed by atoms with Gasteiger partial charge in [-0.1, -0.05) is 12.1 Å². The van der Waals surface area contributed by atoms with Crippen molar-refractivity contribution in [3.63, 3.8) is 0 Å². The number of carbonyl (C=O) groups is 1. The maximum absolute atomic E-state index is 12.1. The molecule has 2 aliphatic rings. The van der Waals surface area contributed by atoms with E-state index in [0.717, 1.165) is 49.2 Å². The topological polar surface area (TPSA) is 50.2 Å². The third kappa shape index (κ3) is 3.56. The van der Waals surface area contributed by atoms with E-state index in [9.17, 15) is 4.79 Å². The first-order valence-corrected chi connectivity index (χ1v) is 9.62. The lowest BCUT2D eigenvalue weighted by Crippen LogP contribution is -2.36. The Kier molecular flexibility index (Phi) is 4.75. The number of nitrogens with zero attached hydrogens (tertiary/aromatic N) is 3. The molecule has 2 atom stereocenters. The second-order valence-electron chi connectivity index (χ2n) is 7.61. The van der Waals surface area contributed by atoms with Gasteiger partial charge >= 0.3 is 0 Å². The molecule has 4 rings (SSSR count). The van der Waals surface area contributed by atoms with Crippen LogP contribution in [0.5, 0.6) is 0 Å². The summed E-state index contributed by atoms with van der Waals surface area (Å²) in [5.41, 5.74) is 2.21. The van der Waals surface area contributed by atoms with Crippen LogP contribution in [0.1, 0.15) is 37.9 Å². The highest BCUT2D eigenvalue weighted by Crippen LogP contribution is 2.37. The van der Waals surface area contributed by atoms with E-state index in [1.807, 2.05) is 18.2 Å². The van der Waals surface area contributed by atoms with E-state index in [1.54, 1.807) is 0 Å². The van der Waals surface area contributed by atoms with Crippen LogP contribution in [0.3, 0.4) is 0 Å². The SMILES string of the molecule is Cn1c(CCCNC(=O)CCN2C[C@@H]3CC[C@H]2C3)nc2ccccc21. The number of hydrogen-bond acceptors (Lipinski definition) is 3. The van der Waals surface area contributed by atoms with Crippen molar-refractivity contribution >= 4 is 16.9 Å². The first-order chi connectivity index (χ1) is 12.2. The Balaban J connectivity index is 1.17. The predicted molar refractivity (Wildman–Crippen MR) is 99.4 cm³/mol. The lowest BCUT2D eigenvalue weighted by atomic mass is 10.1. The van der Waals surface area contributed by atoms with Crippen LogP contribution in [-0.2, 0) is 18.3 Å². The third-order valence-corrected chi connectivity index (χ3v) is 5.93. The van der Waals surface area contributed by atoms with E-state index < -0.39 is 0 Å². The lowest BCUT2D eigenvalue weighted by Gasteiger charge is -2.26. The number of nitrogens with one attached hydrogen (secondary N) is 1. The van der Waals surface area contributed by atoms with Crippen molar-refractivity contribution in [3.8, 4) is 0 Å². The van der Waals surface area contributed by atoms with E-state index in [2.05, 4.69) is 32.9 Å². The second-order valence-corrected chi connectivity index (χ2v) is 7.61. The fraction of sp³-hybridized carbons (Fsp3) is 0.600. The van der Waals surface area contributed by atoms with E-state index in [4.69, 9.17) is 0 Å². The van der Waals surface area contributed by atoms with Crippen LogP contribution in [0.15, 0.2) is 24.3 Å². The highest BCUT2D eigenvalue weighted by atomic mass is 16.1. The Bertz CT molecular complexity index is 753. The van der Waals surface area contributed by atoms with Crippen molar-refractivity contribution in [3.05, 3.63) is 30.1 Å². The van der Waals surface area contributed by atoms with Gasteiger partial charge in [0, 0.05) is 45.6 Å². The molecule has 1 aromatic heterocycles. The van der Waals surface area contributed by atoms with Crippen molar-refractivity contribution in [2.75, 3.05) is 19.6 Å². The summed E-state index contributed by atoms with van der Waals surface area (Å²) < 4.78 is 2.15. The zero-order chi connectivity index (χ0) is 17.2. The molecule has 1 saturated heterocycles. The van der Waals surface area contributed by atoms with Crippen LogP contribution >= 0.6 is 0 Å². The van der Waals surface area contributed by atoms with Crippen molar-refractivity contribution in [1.82, 2.24) is 19.8 Å². The Hall–Kier alpha value is -1.88. The van der Waals surface area contributed by atoms with Gasteiger partial charge in [-0.15, -0.1) is 0 Å². The molecule has 5 heteroatoms. The standard InChI is InChI=1S/C20H28N4O/c1-23-18-6-3-2-5-17(18)22-19(23)7-4-11-21-20(25)10-12-24-14-15-8-9-16(24)13-15/h2-3,5-6,15-16H,4,7-14H2,1H3,(H,21,25)/t15-,16+/m1/s1. The van der Waals surface area contributed by atoms with Crippen LogP contribution in [0, 0.1) is 5.92 Å². The molecule has 0 radical (unpaired) electrons. The van der Waals surface area contributed by atoms with Crippen molar-refractivity contribution in [2.24, 2.45) is 13.0 Å². The van der Waals surface area contributed by atoms with Crippen LogP contribution in [0.25, 0.3) is 11.0 Å². The normalized spacial score (nSPS) is 22.8. The zero-order valence-corrected chi connectivity index (χ0v) is 15.1. The minimum Gasteiger partial charge on any atom is -0.356 e. The second kappa shape index (κ2) is 7.16. The maximum Gasteiger partial charge on any atom is 0.221 e. The number of hydrogen-bond donors (Lipinski definition) is 1. The Morgan fingerprint density at radius 3 is 2.96 bits per heavy atom. The molecule has 1 aliphatic heterocycles. The summed E-state index contributed by atoms with van der Waals surface area (Å²) in [6.45, 7) is 2.87. The molecule has 2 aromatic rings. The molecule has 1 aliphatic carbocycles. The molecule has 1 saturated carbocycles. The molecule has 2 heterocycles. The number of imidazole rings is 1. The molecule has 1 N–H and O–H groups in total. The molecule has 2 bridgehead atoms. The van der Waals surface area contributed by atoms with E-state index in [0.29, 0.717) is 6.42 Å². The lowest BCUT2D eigenvalue weighted by molar-refractivity contribution is -0.121. The van der Waals surface area contributed by atoms with Gasteiger partial charge in [0.2, 0.25) is 5.91 Å². The molecule has 1 aromatic carbocycles. The molecule has 25 heavy (non-hydrogen) atoms. The largest absolute Gasteiger partial charge is 0.356 e. The van der Waals surface area contributed by atoms with E-state index >= 15 is 0 Å². The summed E-state index contributed by atoms with van der Waals surface area (Å²) in [6, 6.07) is 8.96. The summed E-state index contributed by atoms with van der Waals surface area (Å²) in [5.74, 6) is 2.18. The monoisotopic (exact) mass is 340 g/mol. The molecule has 134 valence electrons. The predicted octanol–water partition coefficient (Wildman–Crippen LogP) is 2.50. The maximum atomic E-state index is 12.1. The summed E-state index contributed by atoms with van der Waals surface area (Å²) in [5, 5.41) is 3.07. The van der Waals surface area contributed by atoms with Crippen LogP contribution < -0.4 is 5.32 Å². The van der Waals surface area contributed by atoms with Crippen LogP contribution in [0.4, 0.5) is 0 Å². The van der Waals surface area contributed by atoms with Gasteiger partial charge in [-0.25, -0.2) is 4.98 Å². The van der Waals surface area contributed by atoms with Gasteiger partial charge in [0.15, 0.2) is 0 Å². The molecular formula is C20H28N4O. The molecule has 1 amide bonds. The van der Waals surface area contributed by atoms with Crippen molar-refractivity contribution in [2.45, 2.75) is 44.6 Å². The van der Waals surface area contributed by atoms with Gasteiger partial charge in [-0.3, -0.25) is 9.69 Å². The number of aryl methyl sites for hydroxylation is 2. The number of amides is 1. The average molecular weight is 340 g/mol. The fourth-order valence-electron chi connectivity index (χ4n) is 4.53. The number of carbonyl (C=O) groups excluding carboxylic acids is 1. The highest BCUT2D eigenvalue weighted by Gasteiger charge is 2.37. The van der Waals surface area contributed by atoms with E-state index in [1.165, 1.54) is 31.3 Å². The van der Waals surface area contributed by atoms with Crippen LogP contribution in [-0.4, -0.2) is 46.0 Å². The Morgan fingerprint density at radius 1 is 1.32 bits per heavy atom. The van der Waals surface area contributed by atoms with Gasteiger partial charge in [-0.05, 0) is 43.7 Å². The number of aromatic nitrogens is 2. The van der Waals surface area contributed by atoms with Gasteiger partial charge < -0.3 is 9.88 Å². The Morgan fingerprint density at radius 2 is 2.20 bits per heavy atom. The minimum atomic E-state index is 0.188. The molecular weight excluding hydrogens is 312 g/mol. The number of fused-ring (bicyclic) bond motifs is 3. The smallest absolute Gasteiger partial charge is 0.221 e. The molecule has 5 nitrogen and oxygen atoms in total. The minimum absolute atomic E-state index is 0.188. The number of para-hydroxylation sites is 2. The summed E-state index contributed by atoms with van der Waals surface area (Å²) in [7, 11) is 2.06. The molecule has 0 unspecified atom stereocenters. The summed E-state index contributed by atoms with van der Waals surface area (Å²) >= 11 is 0. The quantitative estimate of drug-likeness (QED) is 0.788. The molecule has 2 fully saturated rings. The van der Waals surface area contributed by atoms with Crippen LogP contribution in [0.2, 0.25) is 0 Å². The summed E-state index contributed by atoms with van der Waals surface area (Å²) in [6.07, 6.45) is 6.55. The average Bonchev–Trinajstić information content (AvgIpc) is 3.32. The van der Waals surface area contributed by atoms with Gasteiger partial charge in [0.05, 0.1) is 11.0 Å². The first kappa shape index (κ1) is 16.6. The fourth-order valence-corrected chi connectivity index (χ4v) is 4.53. The summed E-state index contributed by atoms with van der Waals surface area (Å²) in [4.78, 5) is 19.3. The van der Waals surface area contributed by atoms with E-state index in [-0.39, 0.29) is 5.91 Å².